The van der Waals surface area contributed by atoms with E-state index in [0.29, 0.717) is 0 Å². The Morgan fingerprint density at radius 2 is 1.00 bits per heavy atom. The summed E-state index contributed by atoms with van der Waals surface area (Å²) in [5.74, 6) is 0. The molecular weight excluding hydrogens is 346 g/mol. The molecule has 0 unspecified atom stereocenters. The zero-order chi connectivity index (χ0) is 7.07. The maximum Gasteiger partial charge on any atom is 0 e. The molecule has 0 atom stereocenters. The van der Waals surface area contributed by atoms with Gasteiger partial charge in [0.05, 0.1) is 0 Å². The van der Waals surface area contributed by atoms with Crippen LogP contribution in [0, 0.1) is 34.4 Å². The second kappa shape index (κ2) is 36.0. The summed E-state index contributed by atoms with van der Waals surface area (Å²) in [5, 5.41) is 0. The largest absolute Gasteiger partial charge is 0.358 e. The smallest absolute Gasteiger partial charge is 0 e. The average molecular weight is 371 g/mol. The molecule has 0 aromatic heterocycles. The Balaban J connectivity index is -0.0000000167. The summed E-state index contributed by atoms with van der Waals surface area (Å²) in [5.41, 5.74) is 0. The van der Waals surface area contributed by atoms with Crippen molar-refractivity contribution < 1.29 is 26.2 Å². The van der Waals surface area contributed by atoms with Gasteiger partial charge >= 0.3 is 0 Å². The van der Waals surface area contributed by atoms with Crippen LogP contribution in [0.1, 0.15) is 12.8 Å². The third-order valence-corrected chi connectivity index (χ3v) is 1.17. The summed E-state index contributed by atoms with van der Waals surface area (Å²) < 4.78 is 0. The topological polar surface area (TPSA) is 0 Å². The van der Waals surface area contributed by atoms with Crippen molar-refractivity contribution in [3.8, 4) is 0 Å². The van der Waals surface area contributed by atoms with Gasteiger partial charge in [-0.25, -0.2) is 24.3 Å². The maximum atomic E-state index is 2.99. The molecule has 0 spiro atoms. The number of hydrogen-bond acceptors (Lipinski definition) is 0. The third kappa shape index (κ3) is 31.5. The first-order valence-electron chi connectivity index (χ1n) is 3.43. The standard InChI is InChI=1S/2C5H5.3CH3.2ClH.H3Si.Zr/c2*1-2-4-5-3-1;;;;;;;/h2*1-3H,4H2;3*1H3;2*1H;1H3;/q5*-1;;;;. The first kappa shape index (κ1) is 43.1. The van der Waals surface area contributed by atoms with Crippen LogP contribution in [0.4, 0.5) is 0 Å². The Hall–Kier alpha value is 0.640. The van der Waals surface area contributed by atoms with Crippen LogP contribution in [-0.4, -0.2) is 11.0 Å². The quantitative estimate of drug-likeness (QED) is 0.451. The van der Waals surface area contributed by atoms with E-state index in [9.17, 15) is 0 Å². The number of rotatable bonds is 0. The summed E-state index contributed by atoms with van der Waals surface area (Å²) in [6.07, 6.45) is 20.0. The normalized spacial score (nSPS) is 10.4. The third-order valence-electron chi connectivity index (χ3n) is 1.17. The van der Waals surface area contributed by atoms with Crippen LogP contribution in [0.25, 0.3) is 0 Å². The predicted octanol–water partition coefficient (Wildman–Crippen LogP) is 3.62. The molecule has 0 fully saturated rings. The van der Waals surface area contributed by atoms with Crippen LogP contribution in [0.5, 0.6) is 0 Å². The Labute approximate surface area is 145 Å². The molecule has 0 aromatic rings. The minimum absolute atomic E-state index is 0. The molecule has 0 nitrogen and oxygen atoms in total. The monoisotopic (exact) mass is 368 g/mol. The minimum Gasteiger partial charge on any atom is -0.358 e. The van der Waals surface area contributed by atoms with Gasteiger partial charge in [-0.15, -0.1) is 37.7 Å². The van der Waals surface area contributed by atoms with Gasteiger partial charge in [0.2, 0.25) is 0 Å². The van der Waals surface area contributed by atoms with Crippen LogP contribution in [0.15, 0.2) is 36.5 Å². The second-order valence-corrected chi connectivity index (χ2v) is 2.01. The fourth-order valence-electron chi connectivity index (χ4n) is 0.680. The van der Waals surface area contributed by atoms with E-state index in [1.807, 2.05) is 24.3 Å². The summed E-state index contributed by atoms with van der Waals surface area (Å²) in [6, 6.07) is 0. The van der Waals surface area contributed by atoms with Gasteiger partial charge in [-0.2, -0.15) is 12.2 Å². The van der Waals surface area contributed by atoms with Gasteiger partial charge in [0.1, 0.15) is 0 Å². The van der Waals surface area contributed by atoms with Crippen molar-refractivity contribution in [3.05, 3.63) is 70.9 Å². The maximum absolute atomic E-state index is 2.99. The molecule has 17 heavy (non-hydrogen) atoms. The van der Waals surface area contributed by atoms with Gasteiger partial charge in [-0.05, 0) is 11.0 Å². The van der Waals surface area contributed by atoms with Crippen LogP contribution >= 0.6 is 24.8 Å². The van der Waals surface area contributed by atoms with E-state index in [1.54, 1.807) is 0 Å². The van der Waals surface area contributed by atoms with Crippen molar-refractivity contribution in [2.45, 2.75) is 12.8 Å². The van der Waals surface area contributed by atoms with E-state index in [2.05, 4.69) is 24.3 Å². The van der Waals surface area contributed by atoms with Gasteiger partial charge in [-0.1, -0.05) is 0 Å². The zero-order valence-electron chi connectivity index (χ0n) is 11.2. The summed E-state index contributed by atoms with van der Waals surface area (Å²) in [4.78, 5) is 0. The van der Waals surface area contributed by atoms with Crippen molar-refractivity contribution >= 4 is 35.8 Å². The second-order valence-electron chi connectivity index (χ2n) is 2.01. The van der Waals surface area contributed by atoms with E-state index in [0.717, 1.165) is 12.8 Å². The Morgan fingerprint density at radius 1 is 0.706 bits per heavy atom. The van der Waals surface area contributed by atoms with Crippen LogP contribution in [0.3, 0.4) is 0 Å². The van der Waals surface area contributed by atoms with Crippen molar-refractivity contribution in [3.63, 3.8) is 0 Å². The summed E-state index contributed by atoms with van der Waals surface area (Å²) in [7, 11) is 0. The van der Waals surface area contributed by atoms with Crippen LogP contribution in [0.2, 0.25) is 0 Å². The van der Waals surface area contributed by atoms with Crippen molar-refractivity contribution in [2.24, 2.45) is 0 Å². The van der Waals surface area contributed by atoms with Gasteiger partial charge in [0.25, 0.3) is 0 Å². The van der Waals surface area contributed by atoms with E-state index in [1.165, 1.54) is 0 Å². The summed E-state index contributed by atoms with van der Waals surface area (Å²) in [6.45, 7) is 0. The van der Waals surface area contributed by atoms with Crippen molar-refractivity contribution in [2.75, 3.05) is 0 Å². The van der Waals surface area contributed by atoms with E-state index in [-0.39, 0.29) is 84.3 Å². The number of halogens is 2. The van der Waals surface area contributed by atoms with Gasteiger partial charge in [-0.3, -0.25) is 12.2 Å². The molecule has 0 heterocycles. The Kier molecular flexibility index (Phi) is 91.2. The molecule has 0 saturated heterocycles. The Morgan fingerprint density at radius 3 is 1.06 bits per heavy atom. The number of allylic oxidation sites excluding steroid dienone is 8. The molecule has 2 rings (SSSR count). The molecule has 4 heteroatoms. The van der Waals surface area contributed by atoms with E-state index >= 15 is 0 Å². The van der Waals surface area contributed by atoms with Crippen molar-refractivity contribution in [1.29, 1.82) is 0 Å². The average Bonchev–Trinajstić information content (AvgIpc) is 2.67. The predicted molar refractivity (Wildman–Crippen MR) is 86.8 cm³/mol. The van der Waals surface area contributed by atoms with Crippen LogP contribution in [-0.2, 0) is 26.2 Å². The molecule has 1 radical (unpaired) electrons. The van der Waals surface area contributed by atoms with Crippen LogP contribution < -0.4 is 0 Å². The minimum atomic E-state index is 0. The molecule has 0 aromatic carbocycles. The number of hydrogen-bond donors (Lipinski definition) is 0. The van der Waals surface area contributed by atoms with Gasteiger partial charge in [0, 0.05) is 26.2 Å². The molecule has 0 bridgehead atoms. The molecule has 0 amide bonds. The first-order valence-corrected chi connectivity index (χ1v) is 3.43. The first-order chi connectivity index (χ1) is 5.00. The fraction of sp³-hybridized carbons (Fsp3) is 0.154. The van der Waals surface area contributed by atoms with E-state index < -0.39 is 0 Å². The Bertz CT molecular complexity index is 158. The van der Waals surface area contributed by atoms with Crippen molar-refractivity contribution in [1.82, 2.24) is 0 Å². The molecule has 0 saturated carbocycles. The summed E-state index contributed by atoms with van der Waals surface area (Å²) >= 11 is 0. The SMILES string of the molecule is Cl.Cl.[C-]1=CC=CC1.[C-]1=CC=CC1.[CH3-].[CH3-].[CH3-].[SiH3].[Zr]. The molecule has 0 aliphatic heterocycles. The van der Waals surface area contributed by atoms with Gasteiger partial charge in [0.15, 0.2) is 0 Å². The fourth-order valence-corrected chi connectivity index (χ4v) is 0.680. The molecule has 2 aliphatic carbocycles. The van der Waals surface area contributed by atoms with Gasteiger partial charge < -0.3 is 22.3 Å². The molecule has 2 aliphatic rings. The van der Waals surface area contributed by atoms with E-state index in [4.69, 9.17) is 0 Å². The zero-order valence-corrected chi connectivity index (χ0v) is 17.3. The molecule has 103 valence electrons. The molecular formula is C13H24Cl2SiZr-5. The molecule has 0 N–H and O–H groups in total.